The Labute approximate surface area is 101 Å². The summed E-state index contributed by atoms with van der Waals surface area (Å²) in [7, 11) is 0. The van der Waals surface area contributed by atoms with Gasteiger partial charge in [0, 0.05) is 12.5 Å². The molecule has 1 heterocycles. The summed E-state index contributed by atoms with van der Waals surface area (Å²) in [5, 5.41) is 11.2. The Bertz CT molecular complexity index is 376. The third-order valence-corrected chi connectivity index (χ3v) is 2.09. The summed E-state index contributed by atoms with van der Waals surface area (Å²) in [5.41, 5.74) is 2.28. The molecule has 1 aromatic heterocycles. The van der Waals surface area contributed by atoms with Crippen LogP contribution in [0.4, 0.5) is 24.8 Å². The summed E-state index contributed by atoms with van der Waals surface area (Å²) < 4.78 is 36.3. The first-order valence-corrected chi connectivity index (χ1v) is 5.20. The molecule has 5 N–H and O–H groups in total. The number of anilines is 2. The monoisotopic (exact) mass is 265 g/mol. The highest BCUT2D eigenvalue weighted by molar-refractivity contribution is 5.46. The van der Waals surface area contributed by atoms with Crippen LogP contribution in [0, 0.1) is 0 Å². The van der Waals surface area contributed by atoms with Gasteiger partial charge in [0.15, 0.2) is 6.10 Å². The Hall–Kier alpha value is -1.61. The number of aliphatic hydroxyl groups excluding tert-OH is 1. The van der Waals surface area contributed by atoms with Gasteiger partial charge in [-0.15, -0.1) is 0 Å². The van der Waals surface area contributed by atoms with E-state index >= 15 is 0 Å². The Kier molecular flexibility index (Phi) is 4.68. The van der Waals surface area contributed by atoms with Crippen LogP contribution in [0.1, 0.15) is 12.7 Å². The van der Waals surface area contributed by atoms with Crippen LogP contribution >= 0.6 is 0 Å². The van der Waals surface area contributed by atoms with Crippen molar-refractivity contribution in [1.82, 2.24) is 9.97 Å². The molecule has 0 aromatic carbocycles. The van der Waals surface area contributed by atoms with E-state index in [0.29, 0.717) is 12.2 Å². The second-order valence-corrected chi connectivity index (χ2v) is 3.49. The Balaban J connectivity index is 2.72. The Morgan fingerprint density at radius 2 is 2.00 bits per heavy atom. The van der Waals surface area contributed by atoms with Crippen LogP contribution in [0.25, 0.3) is 0 Å². The summed E-state index contributed by atoms with van der Waals surface area (Å²) in [6, 6.07) is 1.35. The molecule has 0 aliphatic heterocycles. The van der Waals surface area contributed by atoms with Crippen molar-refractivity contribution >= 4 is 11.6 Å². The maximum absolute atomic E-state index is 12.1. The second kappa shape index (κ2) is 5.83. The average molecular weight is 265 g/mol. The number of nitrogens with one attached hydrogen (secondary N) is 2. The number of hydrogen-bond acceptors (Lipinski definition) is 6. The number of nitrogens with two attached hydrogens (primary N) is 1. The van der Waals surface area contributed by atoms with Crippen molar-refractivity contribution < 1.29 is 18.3 Å². The Morgan fingerprint density at radius 3 is 2.50 bits per heavy atom. The van der Waals surface area contributed by atoms with Crippen molar-refractivity contribution in [1.29, 1.82) is 0 Å². The van der Waals surface area contributed by atoms with Crippen LogP contribution in [-0.2, 0) is 6.42 Å². The molecule has 9 heteroatoms. The third-order valence-electron chi connectivity index (χ3n) is 2.09. The number of aromatic nitrogens is 2. The predicted octanol–water partition coefficient (Wildman–Crippen LogP) is 0.660. The highest BCUT2D eigenvalue weighted by atomic mass is 19.4. The van der Waals surface area contributed by atoms with Gasteiger partial charge in [-0.05, 0) is 0 Å². The minimum absolute atomic E-state index is 0.165. The number of aryl methyl sites for hydroxylation is 1. The van der Waals surface area contributed by atoms with E-state index in [1.165, 1.54) is 6.07 Å². The number of rotatable bonds is 5. The number of nitrogen functional groups attached to an aromatic ring is 1. The summed E-state index contributed by atoms with van der Waals surface area (Å²) in [6.07, 6.45) is -6.61. The van der Waals surface area contributed by atoms with E-state index in [9.17, 15) is 13.2 Å². The maximum Gasteiger partial charge on any atom is 0.416 e. The first-order chi connectivity index (χ1) is 8.36. The topological polar surface area (TPSA) is 96.1 Å². The van der Waals surface area contributed by atoms with Crippen LogP contribution in [0.3, 0.4) is 0 Å². The van der Waals surface area contributed by atoms with Crippen LogP contribution in [0.5, 0.6) is 0 Å². The molecule has 0 fully saturated rings. The number of hydrazine groups is 1. The zero-order valence-corrected chi connectivity index (χ0v) is 9.62. The molecule has 6 nitrogen and oxygen atoms in total. The van der Waals surface area contributed by atoms with Crippen LogP contribution in [0.2, 0.25) is 0 Å². The smallest absolute Gasteiger partial charge is 0.382 e. The second-order valence-electron chi connectivity index (χ2n) is 3.49. The van der Waals surface area contributed by atoms with Gasteiger partial charge in [0.05, 0.1) is 6.54 Å². The van der Waals surface area contributed by atoms with Gasteiger partial charge in [-0.1, -0.05) is 6.92 Å². The molecular weight excluding hydrogens is 251 g/mol. The third kappa shape index (κ3) is 4.00. The quantitative estimate of drug-likeness (QED) is 0.461. The van der Waals surface area contributed by atoms with Crippen molar-refractivity contribution in [3.8, 4) is 0 Å². The number of hydrogen-bond donors (Lipinski definition) is 4. The van der Waals surface area contributed by atoms with Gasteiger partial charge < -0.3 is 15.8 Å². The van der Waals surface area contributed by atoms with E-state index in [-0.39, 0.29) is 11.6 Å². The number of aliphatic hydroxyl groups is 1. The summed E-state index contributed by atoms with van der Waals surface area (Å²) in [4.78, 5) is 7.93. The molecule has 0 spiro atoms. The van der Waals surface area contributed by atoms with Gasteiger partial charge in [0.25, 0.3) is 0 Å². The average Bonchev–Trinajstić information content (AvgIpc) is 2.34. The molecule has 0 radical (unpaired) electrons. The van der Waals surface area contributed by atoms with Gasteiger partial charge in [-0.2, -0.15) is 13.2 Å². The molecule has 0 aliphatic rings. The zero-order valence-electron chi connectivity index (χ0n) is 9.62. The van der Waals surface area contributed by atoms with Crippen LogP contribution < -0.4 is 16.6 Å². The molecule has 0 saturated carbocycles. The lowest BCUT2D eigenvalue weighted by atomic mass is 10.3. The highest BCUT2D eigenvalue weighted by Gasteiger charge is 2.37. The number of halogens is 3. The van der Waals surface area contributed by atoms with E-state index in [0.717, 1.165) is 0 Å². The molecule has 0 amide bonds. The minimum atomic E-state index is -4.66. The summed E-state index contributed by atoms with van der Waals surface area (Å²) in [5.74, 6) is 6.04. The zero-order chi connectivity index (χ0) is 13.8. The van der Waals surface area contributed by atoms with Crippen molar-refractivity contribution in [3.05, 3.63) is 11.9 Å². The summed E-state index contributed by atoms with van der Waals surface area (Å²) in [6.45, 7) is 1.11. The van der Waals surface area contributed by atoms with Crippen molar-refractivity contribution in [2.45, 2.75) is 25.6 Å². The summed E-state index contributed by atoms with van der Waals surface area (Å²) >= 11 is 0. The number of alkyl halides is 3. The van der Waals surface area contributed by atoms with E-state index in [4.69, 9.17) is 10.9 Å². The fourth-order valence-electron chi connectivity index (χ4n) is 1.14. The first-order valence-electron chi connectivity index (χ1n) is 5.20. The van der Waals surface area contributed by atoms with Gasteiger partial charge in [0.1, 0.15) is 17.5 Å². The molecule has 0 bridgehead atoms. The number of nitrogens with zero attached hydrogens (tertiary/aromatic N) is 2. The molecular formula is C9H14F3N5O. The normalized spacial score (nSPS) is 13.2. The standard InChI is InChI=1S/C9H14F3N5O/c1-2-6-15-7(3-8(16-6)17-13)14-4-5(18)9(10,11)12/h3,5,18H,2,4,13H2,1H3,(H2,14,15,16,17). The van der Waals surface area contributed by atoms with Gasteiger partial charge in [-0.3, -0.25) is 0 Å². The molecule has 102 valence electrons. The molecule has 1 unspecified atom stereocenters. The largest absolute Gasteiger partial charge is 0.416 e. The van der Waals surface area contributed by atoms with E-state index in [2.05, 4.69) is 20.7 Å². The minimum Gasteiger partial charge on any atom is -0.382 e. The fraction of sp³-hybridized carbons (Fsp3) is 0.556. The highest BCUT2D eigenvalue weighted by Crippen LogP contribution is 2.20. The van der Waals surface area contributed by atoms with Gasteiger partial charge >= 0.3 is 6.18 Å². The lowest BCUT2D eigenvalue weighted by molar-refractivity contribution is -0.198. The molecule has 18 heavy (non-hydrogen) atoms. The first kappa shape index (κ1) is 14.5. The lowest BCUT2D eigenvalue weighted by Gasteiger charge is -2.15. The maximum atomic E-state index is 12.1. The molecule has 1 rings (SSSR count). The SMILES string of the molecule is CCc1nc(NN)cc(NCC(O)C(F)(F)F)n1. The predicted molar refractivity (Wildman–Crippen MR) is 59.8 cm³/mol. The van der Waals surface area contributed by atoms with Crippen molar-refractivity contribution in [2.75, 3.05) is 17.3 Å². The van der Waals surface area contributed by atoms with Crippen LogP contribution in [-0.4, -0.2) is 33.9 Å². The molecule has 1 atom stereocenters. The van der Waals surface area contributed by atoms with Crippen molar-refractivity contribution in [3.63, 3.8) is 0 Å². The lowest BCUT2D eigenvalue weighted by Crippen LogP contribution is -2.35. The molecule has 0 saturated heterocycles. The molecule has 0 aliphatic carbocycles. The van der Waals surface area contributed by atoms with Gasteiger partial charge in [-0.25, -0.2) is 15.8 Å². The van der Waals surface area contributed by atoms with Crippen molar-refractivity contribution in [2.24, 2.45) is 5.84 Å². The van der Waals surface area contributed by atoms with E-state index in [1.54, 1.807) is 6.92 Å². The van der Waals surface area contributed by atoms with Crippen LogP contribution in [0.15, 0.2) is 6.07 Å². The van der Waals surface area contributed by atoms with E-state index in [1.807, 2.05) is 0 Å². The molecule has 1 aromatic rings. The Morgan fingerprint density at radius 1 is 1.39 bits per heavy atom. The fourth-order valence-corrected chi connectivity index (χ4v) is 1.14. The van der Waals surface area contributed by atoms with E-state index < -0.39 is 18.8 Å². The van der Waals surface area contributed by atoms with Gasteiger partial charge in [0.2, 0.25) is 0 Å².